The Labute approximate surface area is 138 Å². The summed E-state index contributed by atoms with van der Waals surface area (Å²) in [6.07, 6.45) is -1.72. The second kappa shape index (κ2) is 6.15. The second-order valence-corrected chi connectivity index (χ2v) is 5.45. The molecule has 1 atom stereocenters. The molecule has 132 valence electrons. The van der Waals surface area contributed by atoms with Crippen molar-refractivity contribution in [1.82, 2.24) is 24.9 Å². The molecule has 1 saturated heterocycles. The molecule has 0 aromatic carbocycles. The molecule has 3 heterocycles. The van der Waals surface area contributed by atoms with Crippen molar-refractivity contribution in [3.05, 3.63) is 35.8 Å². The van der Waals surface area contributed by atoms with Gasteiger partial charge in [0.05, 0.1) is 11.8 Å². The van der Waals surface area contributed by atoms with Gasteiger partial charge in [-0.3, -0.25) is 4.79 Å². The van der Waals surface area contributed by atoms with Crippen LogP contribution >= 0.6 is 0 Å². The van der Waals surface area contributed by atoms with Gasteiger partial charge in [-0.05, 0) is 25.0 Å². The highest BCUT2D eigenvalue weighted by Gasteiger charge is 2.35. The van der Waals surface area contributed by atoms with Crippen LogP contribution in [0.2, 0.25) is 0 Å². The summed E-state index contributed by atoms with van der Waals surface area (Å²) < 4.78 is 38.7. The van der Waals surface area contributed by atoms with Gasteiger partial charge in [0.1, 0.15) is 6.04 Å². The summed E-state index contributed by atoms with van der Waals surface area (Å²) in [5.74, 6) is -1.64. The van der Waals surface area contributed by atoms with Gasteiger partial charge in [-0.15, -0.1) is 5.10 Å². The Hall–Kier alpha value is -2.98. The summed E-state index contributed by atoms with van der Waals surface area (Å²) >= 11 is 0. The number of amides is 1. The maximum absolute atomic E-state index is 12.5. The topological polar surface area (TPSA) is 101 Å². The molecule has 0 spiro atoms. The van der Waals surface area contributed by atoms with Crippen LogP contribution in [-0.2, 0) is 11.0 Å². The third-order valence-corrected chi connectivity index (χ3v) is 3.82. The number of alkyl halides is 3. The minimum absolute atomic E-state index is 0.0516. The lowest BCUT2D eigenvalue weighted by Gasteiger charge is -2.19. The Morgan fingerprint density at radius 2 is 2.04 bits per heavy atom. The molecule has 1 N–H and O–H groups in total. The number of carboxylic acid groups (broad SMARTS) is 1. The van der Waals surface area contributed by atoms with E-state index in [1.54, 1.807) is 0 Å². The van der Waals surface area contributed by atoms with Crippen LogP contribution < -0.4 is 0 Å². The molecule has 25 heavy (non-hydrogen) atoms. The highest BCUT2D eigenvalue weighted by atomic mass is 19.4. The molecule has 0 bridgehead atoms. The molecule has 3 rings (SSSR count). The highest BCUT2D eigenvalue weighted by molar-refractivity contribution is 5.95. The number of aromatic nitrogens is 4. The van der Waals surface area contributed by atoms with Gasteiger partial charge in [-0.1, -0.05) is 5.21 Å². The standard InChI is InChI=1S/C14H12F3N5O3/c15-14(16,17)8-3-4-11(18-6-8)22-7-9(19-20-22)12(23)21-5-1-2-10(21)13(24)25/h3-4,6-7,10H,1-2,5H2,(H,24,25). The summed E-state index contributed by atoms with van der Waals surface area (Å²) in [6, 6.07) is 1.02. The molecule has 0 aliphatic carbocycles. The fraction of sp³-hybridized carbons (Fsp3) is 0.357. The van der Waals surface area contributed by atoms with Crippen LogP contribution in [0.5, 0.6) is 0 Å². The molecule has 0 radical (unpaired) electrons. The third-order valence-electron chi connectivity index (χ3n) is 3.82. The van der Waals surface area contributed by atoms with Crippen LogP contribution in [0.4, 0.5) is 13.2 Å². The van der Waals surface area contributed by atoms with E-state index in [1.165, 1.54) is 11.1 Å². The van der Waals surface area contributed by atoms with Crippen molar-refractivity contribution >= 4 is 11.9 Å². The molecule has 1 unspecified atom stereocenters. The number of carbonyl (C=O) groups excluding carboxylic acids is 1. The van der Waals surface area contributed by atoms with E-state index < -0.39 is 29.7 Å². The molecular weight excluding hydrogens is 343 g/mol. The fourth-order valence-corrected chi connectivity index (χ4v) is 2.58. The number of carboxylic acids is 1. The van der Waals surface area contributed by atoms with Crippen LogP contribution in [0, 0.1) is 0 Å². The van der Waals surface area contributed by atoms with E-state index in [0.29, 0.717) is 25.6 Å². The maximum atomic E-state index is 12.5. The number of likely N-dealkylation sites (tertiary alicyclic amines) is 1. The number of nitrogens with zero attached hydrogens (tertiary/aromatic N) is 5. The minimum atomic E-state index is -4.50. The third kappa shape index (κ3) is 3.30. The molecule has 2 aromatic rings. The van der Waals surface area contributed by atoms with Crippen LogP contribution in [0.15, 0.2) is 24.5 Å². The number of hydrogen-bond donors (Lipinski definition) is 1. The predicted octanol–water partition coefficient (Wildman–Crippen LogP) is 1.37. The Morgan fingerprint density at radius 3 is 2.64 bits per heavy atom. The SMILES string of the molecule is O=C(O)C1CCCN1C(=O)c1cn(-c2ccc(C(F)(F)F)cn2)nn1. The largest absolute Gasteiger partial charge is 0.480 e. The monoisotopic (exact) mass is 355 g/mol. The molecule has 11 heteroatoms. The Balaban J connectivity index is 1.80. The molecule has 0 saturated carbocycles. The van der Waals surface area contributed by atoms with Crippen LogP contribution in [0.1, 0.15) is 28.9 Å². The average Bonchev–Trinajstić information content (AvgIpc) is 3.23. The number of aliphatic carboxylic acids is 1. The Morgan fingerprint density at radius 1 is 1.28 bits per heavy atom. The average molecular weight is 355 g/mol. The lowest BCUT2D eigenvalue weighted by Crippen LogP contribution is -2.40. The van der Waals surface area contributed by atoms with E-state index in [9.17, 15) is 22.8 Å². The lowest BCUT2D eigenvalue weighted by atomic mass is 10.2. The number of hydrogen-bond acceptors (Lipinski definition) is 5. The van der Waals surface area contributed by atoms with Gasteiger partial charge in [0.15, 0.2) is 11.5 Å². The molecular formula is C14H12F3N5O3. The van der Waals surface area contributed by atoms with Gasteiger partial charge in [-0.2, -0.15) is 13.2 Å². The van der Waals surface area contributed by atoms with Crippen molar-refractivity contribution in [2.45, 2.75) is 25.1 Å². The first kappa shape index (κ1) is 16.9. The summed E-state index contributed by atoms with van der Waals surface area (Å²) in [4.78, 5) is 28.4. The first-order chi connectivity index (χ1) is 11.8. The van der Waals surface area contributed by atoms with Crippen molar-refractivity contribution in [3.8, 4) is 5.82 Å². The number of rotatable bonds is 3. The van der Waals surface area contributed by atoms with Crippen LogP contribution in [-0.4, -0.2) is 54.4 Å². The number of carbonyl (C=O) groups is 2. The lowest BCUT2D eigenvalue weighted by molar-refractivity contribution is -0.141. The first-order valence-corrected chi connectivity index (χ1v) is 7.27. The zero-order chi connectivity index (χ0) is 18.2. The van der Waals surface area contributed by atoms with Gasteiger partial charge >= 0.3 is 12.1 Å². The molecule has 1 fully saturated rings. The number of halogens is 3. The van der Waals surface area contributed by atoms with E-state index in [0.717, 1.165) is 16.8 Å². The van der Waals surface area contributed by atoms with Gasteiger partial charge in [0.2, 0.25) is 0 Å². The maximum Gasteiger partial charge on any atom is 0.417 e. The van der Waals surface area contributed by atoms with Crippen molar-refractivity contribution in [2.75, 3.05) is 6.54 Å². The van der Waals surface area contributed by atoms with Gasteiger partial charge in [-0.25, -0.2) is 14.5 Å². The van der Waals surface area contributed by atoms with Gasteiger partial charge < -0.3 is 10.0 Å². The summed E-state index contributed by atoms with van der Waals surface area (Å²) in [5, 5.41) is 16.5. The van der Waals surface area contributed by atoms with E-state index >= 15 is 0 Å². The summed E-state index contributed by atoms with van der Waals surface area (Å²) in [7, 11) is 0. The normalized spacial score (nSPS) is 17.7. The summed E-state index contributed by atoms with van der Waals surface area (Å²) in [6.45, 7) is 0.293. The van der Waals surface area contributed by atoms with E-state index in [4.69, 9.17) is 5.11 Å². The molecule has 1 amide bonds. The molecule has 1 aliphatic heterocycles. The van der Waals surface area contributed by atoms with Crippen molar-refractivity contribution in [3.63, 3.8) is 0 Å². The molecule has 2 aromatic heterocycles. The Bertz CT molecular complexity index is 803. The van der Waals surface area contributed by atoms with Gasteiger partial charge in [0, 0.05) is 12.7 Å². The highest BCUT2D eigenvalue weighted by Crippen LogP contribution is 2.28. The summed E-state index contributed by atoms with van der Waals surface area (Å²) in [5.41, 5.74) is -1.01. The molecule has 8 nitrogen and oxygen atoms in total. The second-order valence-electron chi connectivity index (χ2n) is 5.45. The van der Waals surface area contributed by atoms with Crippen molar-refractivity contribution < 1.29 is 27.9 Å². The van der Waals surface area contributed by atoms with E-state index in [-0.39, 0.29) is 11.5 Å². The minimum Gasteiger partial charge on any atom is -0.480 e. The number of pyridine rings is 1. The van der Waals surface area contributed by atoms with Crippen molar-refractivity contribution in [2.24, 2.45) is 0 Å². The zero-order valence-corrected chi connectivity index (χ0v) is 12.6. The van der Waals surface area contributed by atoms with Crippen LogP contribution in [0.25, 0.3) is 5.82 Å². The zero-order valence-electron chi connectivity index (χ0n) is 12.6. The predicted molar refractivity (Wildman–Crippen MR) is 75.9 cm³/mol. The van der Waals surface area contributed by atoms with Crippen LogP contribution in [0.3, 0.4) is 0 Å². The Kier molecular flexibility index (Phi) is 4.15. The quantitative estimate of drug-likeness (QED) is 0.892. The fourth-order valence-electron chi connectivity index (χ4n) is 2.58. The van der Waals surface area contributed by atoms with Gasteiger partial charge in [0.25, 0.3) is 5.91 Å². The van der Waals surface area contributed by atoms with E-state index in [2.05, 4.69) is 15.3 Å². The van der Waals surface area contributed by atoms with Crippen molar-refractivity contribution in [1.29, 1.82) is 0 Å². The smallest absolute Gasteiger partial charge is 0.417 e. The van der Waals surface area contributed by atoms with E-state index in [1.807, 2.05) is 0 Å². The molecule has 1 aliphatic rings. The first-order valence-electron chi connectivity index (χ1n) is 7.27.